The molecule has 2 aromatic rings. The first-order valence-corrected chi connectivity index (χ1v) is 5.13. The Morgan fingerprint density at radius 1 is 0.706 bits per heavy atom. The maximum Gasteiger partial charge on any atom is 0.127 e. The molecular weight excluding hydrogens is 219 g/mol. The van der Waals surface area contributed by atoms with Crippen molar-refractivity contribution in [2.45, 2.75) is 0 Å². The number of alkyl halides is 1. The summed E-state index contributed by atoms with van der Waals surface area (Å²) in [6.07, 6.45) is 0. The van der Waals surface area contributed by atoms with Crippen LogP contribution < -0.4 is 9.47 Å². The highest BCUT2D eigenvalue weighted by Gasteiger charge is 1.96. The van der Waals surface area contributed by atoms with Crippen molar-refractivity contribution in [3.8, 4) is 17.2 Å². The summed E-state index contributed by atoms with van der Waals surface area (Å²) in [7, 11) is 2.15. The molecule has 0 fully saturated rings. The van der Waals surface area contributed by atoms with E-state index >= 15 is 0 Å². The minimum Gasteiger partial charge on any atom is -0.497 e. The van der Waals surface area contributed by atoms with Gasteiger partial charge in [0.15, 0.2) is 0 Å². The van der Waals surface area contributed by atoms with E-state index in [0.717, 1.165) is 17.2 Å². The molecular formula is C14H15FO2. The van der Waals surface area contributed by atoms with Gasteiger partial charge in [-0.15, -0.1) is 0 Å². The Hall–Kier alpha value is -2.03. The molecule has 0 spiro atoms. The quantitative estimate of drug-likeness (QED) is 0.796. The zero-order valence-corrected chi connectivity index (χ0v) is 9.89. The van der Waals surface area contributed by atoms with Crippen molar-refractivity contribution in [2.24, 2.45) is 0 Å². The lowest BCUT2D eigenvalue weighted by Gasteiger charge is -2.05. The summed E-state index contributed by atoms with van der Waals surface area (Å²) in [6.45, 7) is 0. The van der Waals surface area contributed by atoms with Gasteiger partial charge in [-0.05, 0) is 36.4 Å². The predicted octanol–water partition coefficient (Wildman–Crippen LogP) is 4.07. The van der Waals surface area contributed by atoms with Gasteiger partial charge in [-0.1, -0.05) is 18.2 Å². The number of ether oxygens (including phenoxy) is 2. The van der Waals surface area contributed by atoms with Crippen LogP contribution in [-0.2, 0) is 0 Å². The Morgan fingerprint density at radius 3 is 1.71 bits per heavy atom. The highest BCUT2D eigenvalue weighted by molar-refractivity contribution is 5.35. The second-order valence-corrected chi connectivity index (χ2v) is 3.09. The van der Waals surface area contributed by atoms with Crippen LogP contribution in [-0.4, -0.2) is 14.3 Å². The summed E-state index contributed by atoms with van der Waals surface area (Å²) in [5.41, 5.74) is 0. The summed E-state index contributed by atoms with van der Waals surface area (Å²) in [5.74, 6) is 2.47. The van der Waals surface area contributed by atoms with Gasteiger partial charge >= 0.3 is 0 Å². The summed E-state index contributed by atoms with van der Waals surface area (Å²) >= 11 is 0. The maximum absolute atomic E-state index is 9.50. The summed E-state index contributed by atoms with van der Waals surface area (Å²) in [4.78, 5) is 0. The molecule has 0 radical (unpaired) electrons. The number of methoxy groups -OCH3 is 1. The van der Waals surface area contributed by atoms with E-state index in [1.165, 1.54) is 0 Å². The molecule has 3 heteroatoms. The smallest absolute Gasteiger partial charge is 0.127 e. The molecule has 17 heavy (non-hydrogen) atoms. The van der Waals surface area contributed by atoms with Crippen LogP contribution in [0.3, 0.4) is 0 Å². The number of hydrogen-bond acceptors (Lipinski definition) is 2. The lowest BCUT2D eigenvalue weighted by molar-refractivity contribution is 0.413. The molecule has 0 unspecified atom stereocenters. The lowest BCUT2D eigenvalue weighted by atomic mass is 10.3. The van der Waals surface area contributed by atoms with Gasteiger partial charge in [-0.3, -0.25) is 4.39 Å². The average Bonchev–Trinajstić information content (AvgIpc) is 2.43. The molecule has 0 aliphatic carbocycles. The van der Waals surface area contributed by atoms with Gasteiger partial charge in [0.1, 0.15) is 17.2 Å². The third-order valence-electron chi connectivity index (χ3n) is 2.04. The molecule has 2 rings (SSSR count). The fraction of sp³-hybridized carbons (Fsp3) is 0.143. The number of halogens is 1. The third kappa shape index (κ3) is 4.15. The first-order chi connectivity index (χ1) is 8.38. The van der Waals surface area contributed by atoms with E-state index in [1.807, 2.05) is 54.6 Å². The maximum atomic E-state index is 9.50. The van der Waals surface area contributed by atoms with Crippen molar-refractivity contribution in [3.63, 3.8) is 0 Å². The van der Waals surface area contributed by atoms with Crippen LogP contribution in [0.1, 0.15) is 0 Å². The van der Waals surface area contributed by atoms with Gasteiger partial charge in [-0.2, -0.15) is 0 Å². The largest absolute Gasteiger partial charge is 0.497 e. The molecule has 0 amide bonds. The van der Waals surface area contributed by atoms with Crippen LogP contribution in [0.4, 0.5) is 4.39 Å². The first-order valence-electron chi connectivity index (χ1n) is 5.13. The number of hydrogen-bond donors (Lipinski definition) is 0. The Bertz CT molecular complexity index is 412. The molecule has 0 saturated carbocycles. The molecule has 2 nitrogen and oxygen atoms in total. The minimum atomic E-state index is 0.500. The van der Waals surface area contributed by atoms with Gasteiger partial charge in [0.05, 0.1) is 14.3 Å². The molecule has 90 valence electrons. The van der Waals surface area contributed by atoms with Gasteiger partial charge in [0.25, 0.3) is 0 Å². The van der Waals surface area contributed by atoms with E-state index in [4.69, 9.17) is 9.47 Å². The van der Waals surface area contributed by atoms with Crippen LogP contribution in [0.2, 0.25) is 0 Å². The summed E-state index contributed by atoms with van der Waals surface area (Å²) < 4.78 is 20.2. The van der Waals surface area contributed by atoms with Crippen LogP contribution in [0.25, 0.3) is 0 Å². The van der Waals surface area contributed by atoms with E-state index in [0.29, 0.717) is 7.18 Å². The van der Waals surface area contributed by atoms with E-state index in [1.54, 1.807) is 7.11 Å². The topological polar surface area (TPSA) is 18.5 Å². The number of rotatable bonds is 3. The molecule has 0 saturated heterocycles. The van der Waals surface area contributed by atoms with E-state index in [9.17, 15) is 4.39 Å². The van der Waals surface area contributed by atoms with Gasteiger partial charge in [0, 0.05) is 0 Å². The molecule has 0 bridgehead atoms. The zero-order chi connectivity index (χ0) is 12.5. The van der Waals surface area contributed by atoms with Crippen LogP contribution in [0.15, 0.2) is 54.6 Å². The van der Waals surface area contributed by atoms with Crippen LogP contribution >= 0.6 is 0 Å². The van der Waals surface area contributed by atoms with Gasteiger partial charge in [-0.25, -0.2) is 0 Å². The van der Waals surface area contributed by atoms with Crippen molar-refractivity contribution < 1.29 is 13.9 Å². The normalized spacial score (nSPS) is 8.88. The Morgan fingerprint density at radius 2 is 1.18 bits per heavy atom. The molecule has 0 aliphatic rings. The molecule has 0 heterocycles. The fourth-order valence-electron chi connectivity index (χ4n) is 1.27. The second-order valence-electron chi connectivity index (χ2n) is 3.09. The van der Waals surface area contributed by atoms with Crippen molar-refractivity contribution in [1.82, 2.24) is 0 Å². The molecule has 2 aromatic carbocycles. The summed E-state index contributed by atoms with van der Waals surface area (Å²) in [6, 6.07) is 17.2. The Kier molecular flexibility index (Phi) is 5.58. The highest BCUT2D eigenvalue weighted by atomic mass is 19.1. The molecule has 0 aliphatic heterocycles. The first kappa shape index (κ1) is 13.0. The second kappa shape index (κ2) is 7.28. The lowest BCUT2D eigenvalue weighted by Crippen LogP contribution is -1.85. The highest BCUT2D eigenvalue weighted by Crippen LogP contribution is 2.23. The molecule has 0 aromatic heterocycles. The van der Waals surface area contributed by atoms with E-state index < -0.39 is 0 Å². The van der Waals surface area contributed by atoms with E-state index in [2.05, 4.69) is 0 Å². The average molecular weight is 234 g/mol. The van der Waals surface area contributed by atoms with E-state index in [-0.39, 0.29) is 0 Å². The van der Waals surface area contributed by atoms with Crippen molar-refractivity contribution in [3.05, 3.63) is 54.6 Å². The minimum absolute atomic E-state index is 0.500. The van der Waals surface area contributed by atoms with Gasteiger partial charge in [0.2, 0.25) is 0 Å². The third-order valence-corrected chi connectivity index (χ3v) is 2.04. The molecule has 0 N–H and O–H groups in total. The van der Waals surface area contributed by atoms with Crippen molar-refractivity contribution in [2.75, 3.05) is 14.3 Å². The van der Waals surface area contributed by atoms with Crippen LogP contribution in [0, 0.1) is 0 Å². The summed E-state index contributed by atoms with van der Waals surface area (Å²) in [5, 5.41) is 0. The SMILES string of the molecule is CF.COc1ccc(Oc2ccccc2)cc1. The van der Waals surface area contributed by atoms with Crippen molar-refractivity contribution in [1.29, 1.82) is 0 Å². The Balaban J connectivity index is 0.000000686. The zero-order valence-electron chi connectivity index (χ0n) is 9.89. The fourth-order valence-corrected chi connectivity index (χ4v) is 1.27. The standard InChI is InChI=1S/C13H12O2.CH3F/c1-14-11-7-9-13(10-8-11)15-12-5-3-2-4-6-12;1-2/h2-10H,1H3;1H3. The Labute approximate surface area is 101 Å². The monoisotopic (exact) mass is 234 g/mol. The number of para-hydroxylation sites is 1. The molecule has 0 atom stereocenters. The number of benzene rings is 2. The van der Waals surface area contributed by atoms with Crippen LogP contribution in [0.5, 0.6) is 17.2 Å². The van der Waals surface area contributed by atoms with Crippen molar-refractivity contribution >= 4 is 0 Å². The predicted molar refractivity (Wildman–Crippen MR) is 66.5 cm³/mol. The van der Waals surface area contributed by atoms with Gasteiger partial charge < -0.3 is 9.47 Å².